The van der Waals surface area contributed by atoms with Gasteiger partial charge in [0.2, 0.25) is 5.95 Å². The van der Waals surface area contributed by atoms with E-state index in [1.165, 1.54) is 4.90 Å². The molecule has 0 fully saturated rings. The Morgan fingerprint density at radius 1 is 1.18 bits per heavy atom. The van der Waals surface area contributed by atoms with Crippen LogP contribution in [0.4, 0.5) is 5.95 Å². The highest BCUT2D eigenvalue weighted by Crippen LogP contribution is 2.39. The summed E-state index contributed by atoms with van der Waals surface area (Å²) in [7, 11) is 0. The van der Waals surface area contributed by atoms with E-state index in [0.29, 0.717) is 5.57 Å². The standard InChI is InChI=1S/C22H23N3O2S/c1-13(2)27-21(26)19-14(3)23-22-24-17-7-5-6-8-18(17)25(22)20(19)15-9-11-16(28-4)12-10-15/h5-13,20H,1-4H3,(H,23,24)/t20-/m1/s1. The molecule has 4 rings (SSSR count). The molecule has 1 aliphatic heterocycles. The number of hydrogen-bond donors (Lipinski definition) is 1. The molecule has 0 bridgehead atoms. The van der Waals surface area contributed by atoms with E-state index in [-0.39, 0.29) is 18.1 Å². The molecule has 0 radical (unpaired) electrons. The molecule has 144 valence electrons. The summed E-state index contributed by atoms with van der Waals surface area (Å²) in [4.78, 5) is 18.9. The highest BCUT2D eigenvalue weighted by atomic mass is 32.2. The number of anilines is 1. The number of imidazole rings is 1. The number of nitrogens with zero attached hydrogens (tertiary/aromatic N) is 2. The number of fused-ring (bicyclic) bond motifs is 3. The van der Waals surface area contributed by atoms with Crippen LogP contribution in [0.2, 0.25) is 0 Å². The predicted molar refractivity (Wildman–Crippen MR) is 114 cm³/mol. The maximum absolute atomic E-state index is 13.0. The second-order valence-corrected chi connectivity index (χ2v) is 7.97. The molecule has 6 heteroatoms. The average molecular weight is 394 g/mol. The van der Waals surface area contributed by atoms with E-state index in [1.807, 2.05) is 45.0 Å². The average Bonchev–Trinajstić information content (AvgIpc) is 3.04. The zero-order valence-corrected chi connectivity index (χ0v) is 17.2. The highest BCUT2D eigenvalue weighted by Gasteiger charge is 2.35. The van der Waals surface area contributed by atoms with Crippen molar-refractivity contribution in [3.8, 4) is 0 Å². The number of nitrogens with one attached hydrogen (secondary N) is 1. The number of ether oxygens (including phenoxy) is 1. The summed E-state index contributed by atoms with van der Waals surface area (Å²) in [5.74, 6) is 0.432. The smallest absolute Gasteiger partial charge is 0.338 e. The minimum atomic E-state index is -0.303. The van der Waals surface area contributed by atoms with E-state index in [2.05, 4.69) is 40.4 Å². The van der Waals surface area contributed by atoms with Gasteiger partial charge in [0, 0.05) is 10.6 Å². The third-order valence-corrected chi connectivity index (χ3v) is 5.57. The van der Waals surface area contributed by atoms with Crippen molar-refractivity contribution < 1.29 is 9.53 Å². The van der Waals surface area contributed by atoms with Gasteiger partial charge < -0.3 is 10.1 Å². The number of para-hydroxylation sites is 2. The number of rotatable bonds is 4. The summed E-state index contributed by atoms with van der Waals surface area (Å²) < 4.78 is 7.68. The number of thioether (sulfide) groups is 1. The molecular weight excluding hydrogens is 370 g/mol. The van der Waals surface area contributed by atoms with Gasteiger partial charge in [-0.2, -0.15) is 0 Å². The Morgan fingerprint density at radius 3 is 2.57 bits per heavy atom. The molecule has 2 heterocycles. The predicted octanol–water partition coefficient (Wildman–Crippen LogP) is 5.00. The Kier molecular flexibility index (Phi) is 4.89. The zero-order valence-electron chi connectivity index (χ0n) is 16.4. The number of esters is 1. The van der Waals surface area contributed by atoms with Gasteiger partial charge in [0.05, 0.1) is 28.8 Å². The molecule has 3 aromatic rings. The number of carbonyl (C=O) groups is 1. The molecule has 1 N–H and O–H groups in total. The monoisotopic (exact) mass is 393 g/mol. The van der Waals surface area contributed by atoms with Crippen molar-refractivity contribution in [1.82, 2.24) is 9.55 Å². The molecule has 1 atom stereocenters. The highest BCUT2D eigenvalue weighted by molar-refractivity contribution is 7.98. The van der Waals surface area contributed by atoms with Gasteiger partial charge in [0.1, 0.15) is 0 Å². The van der Waals surface area contributed by atoms with E-state index >= 15 is 0 Å². The molecule has 1 aromatic heterocycles. The fourth-order valence-electron chi connectivity index (χ4n) is 3.61. The van der Waals surface area contributed by atoms with Crippen molar-refractivity contribution >= 4 is 34.7 Å². The maximum atomic E-state index is 13.0. The summed E-state index contributed by atoms with van der Waals surface area (Å²) in [5.41, 5.74) is 4.28. The minimum Gasteiger partial charge on any atom is -0.459 e. The fraction of sp³-hybridized carbons (Fsp3) is 0.273. The summed E-state index contributed by atoms with van der Waals surface area (Å²) in [5, 5.41) is 3.30. The molecule has 5 nitrogen and oxygen atoms in total. The summed E-state index contributed by atoms with van der Waals surface area (Å²) in [6.07, 6.45) is 1.87. The second kappa shape index (κ2) is 7.36. The van der Waals surface area contributed by atoms with Gasteiger partial charge >= 0.3 is 5.97 Å². The van der Waals surface area contributed by atoms with Gasteiger partial charge in [-0.25, -0.2) is 9.78 Å². The number of hydrogen-bond acceptors (Lipinski definition) is 5. The largest absolute Gasteiger partial charge is 0.459 e. The maximum Gasteiger partial charge on any atom is 0.338 e. The lowest BCUT2D eigenvalue weighted by molar-refractivity contribution is -0.143. The number of benzene rings is 2. The number of aromatic nitrogens is 2. The van der Waals surface area contributed by atoms with E-state index in [0.717, 1.165) is 28.2 Å². The molecular formula is C22H23N3O2S. The quantitative estimate of drug-likeness (QED) is 0.499. The molecule has 0 spiro atoms. The molecule has 0 unspecified atom stereocenters. The van der Waals surface area contributed by atoms with Crippen molar-refractivity contribution in [2.24, 2.45) is 0 Å². The van der Waals surface area contributed by atoms with Crippen LogP contribution in [0.25, 0.3) is 11.0 Å². The Balaban J connectivity index is 1.93. The lowest BCUT2D eigenvalue weighted by Crippen LogP contribution is -2.29. The molecule has 0 saturated heterocycles. The Morgan fingerprint density at radius 2 is 1.89 bits per heavy atom. The molecule has 0 aliphatic carbocycles. The van der Waals surface area contributed by atoms with Crippen LogP contribution in [-0.4, -0.2) is 27.9 Å². The second-order valence-electron chi connectivity index (χ2n) is 7.09. The summed E-state index contributed by atoms with van der Waals surface area (Å²) in [6, 6.07) is 16.0. The van der Waals surface area contributed by atoms with Crippen LogP contribution in [0.3, 0.4) is 0 Å². The van der Waals surface area contributed by atoms with Crippen LogP contribution < -0.4 is 5.32 Å². The molecule has 1 aliphatic rings. The minimum absolute atomic E-state index is 0.187. The topological polar surface area (TPSA) is 56.1 Å². The van der Waals surface area contributed by atoms with Crippen LogP contribution >= 0.6 is 11.8 Å². The van der Waals surface area contributed by atoms with Crippen molar-refractivity contribution in [2.75, 3.05) is 11.6 Å². The Hall–Kier alpha value is -2.73. The molecule has 2 aromatic carbocycles. The van der Waals surface area contributed by atoms with Gasteiger partial charge in [-0.1, -0.05) is 24.3 Å². The SMILES string of the molecule is CSc1ccc([C@@H]2C(C(=O)OC(C)C)=C(C)Nc3nc4ccccc4n32)cc1. The fourth-order valence-corrected chi connectivity index (χ4v) is 4.02. The first-order valence-electron chi connectivity index (χ1n) is 9.29. The molecule has 28 heavy (non-hydrogen) atoms. The van der Waals surface area contributed by atoms with Crippen molar-refractivity contribution in [3.63, 3.8) is 0 Å². The third-order valence-electron chi connectivity index (χ3n) is 4.82. The first-order chi connectivity index (χ1) is 13.5. The Labute approximate surface area is 168 Å². The van der Waals surface area contributed by atoms with Gasteiger partial charge in [0.15, 0.2) is 0 Å². The van der Waals surface area contributed by atoms with Crippen molar-refractivity contribution in [2.45, 2.75) is 37.8 Å². The lowest BCUT2D eigenvalue weighted by Gasteiger charge is -2.30. The number of carbonyl (C=O) groups excluding carboxylic acids is 1. The molecule has 0 saturated carbocycles. The third kappa shape index (κ3) is 3.18. The van der Waals surface area contributed by atoms with Crippen molar-refractivity contribution in [3.05, 3.63) is 65.4 Å². The summed E-state index contributed by atoms with van der Waals surface area (Å²) in [6.45, 7) is 5.64. The Bertz CT molecular complexity index is 1070. The van der Waals surface area contributed by atoms with Crippen LogP contribution in [0.15, 0.2) is 64.7 Å². The van der Waals surface area contributed by atoms with Gasteiger partial charge in [0.25, 0.3) is 0 Å². The van der Waals surface area contributed by atoms with Crippen molar-refractivity contribution in [1.29, 1.82) is 0 Å². The van der Waals surface area contributed by atoms with Gasteiger partial charge in [-0.05, 0) is 56.9 Å². The first kappa shape index (κ1) is 18.6. The number of allylic oxidation sites excluding steroid dienone is 1. The first-order valence-corrected chi connectivity index (χ1v) is 10.5. The van der Waals surface area contributed by atoms with Crippen LogP contribution in [0.5, 0.6) is 0 Å². The van der Waals surface area contributed by atoms with Crippen LogP contribution in [0.1, 0.15) is 32.4 Å². The normalized spacial score (nSPS) is 16.2. The van der Waals surface area contributed by atoms with E-state index < -0.39 is 0 Å². The van der Waals surface area contributed by atoms with E-state index in [4.69, 9.17) is 9.72 Å². The summed E-state index contributed by atoms with van der Waals surface area (Å²) >= 11 is 1.69. The van der Waals surface area contributed by atoms with Crippen LogP contribution in [0, 0.1) is 0 Å². The molecule has 0 amide bonds. The van der Waals surface area contributed by atoms with E-state index in [9.17, 15) is 4.79 Å². The van der Waals surface area contributed by atoms with Gasteiger partial charge in [-0.15, -0.1) is 11.8 Å². The van der Waals surface area contributed by atoms with E-state index in [1.54, 1.807) is 11.8 Å². The zero-order chi connectivity index (χ0) is 19.8. The van der Waals surface area contributed by atoms with Crippen LogP contribution in [-0.2, 0) is 9.53 Å². The van der Waals surface area contributed by atoms with Gasteiger partial charge in [-0.3, -0.25) is 4.57 Å². The lowest BCUT2D eigenvalue weighted by atomic mass is 9.95.